The molecule has 13 heteroatoms. The zero-order chi connectivity index (χ0) is 21.2. The molecule has 0 spiro atoms. The van der Waals surface area contributed by atoms with Gasteiger partial charge >= 0.3 is 6.03 Å². The number of carbonyl (C=O) groups is 2. The number of halogens is 1. The standard InChI is InChI=1S/C16H13BrN4O5S3/c1-8-6-11(26-2)19-15(18-8)20-16(23)21-29(24,25)14-9(17)7-28-13(14)12(22)10-4-3-5-27-10/h3-7H,1-2H3,(H2,18,19,20,21,23). The van der Waals surface area contributed by atoms with E-state index < -0.39 is 21.8 Å². The monoisotopic (exact) mass is 516 g/mol. The van der Waals surface area contributed by atoms with Gasteiger partial charge in [-0.15, -0.1) is 22.7 Å². The Hall–Kier alpha value is -2.35. The largest absolute Gasteiger partial charge is 0.481 e. The van der Waals surface area contributed by atoms with Gasteiger partial charge in [0.25, 0.3) is 10.0 Å². The number of rotatable bonds is 6. The minimum Gasteiger partial charge on any atom is -0.481 e. The molecule has 0 saturated carbocycles. The molecule has 0 atom stereocenters. The quantitative estimate of drug-likeness (QED) is 0.480. The molecule has 0 unspecified atom stereocenters. The number of carbonyl (C=O) groups excluding carboxylic acids is 2. The average Bonchev–Trinajstić information content (AvgIpc) is 3.29. The third-order valence-electron chi connectivity index (χ3n) is 3.42. The topological polar surface area (TPSA) is 127 Å². The molecule has 2 amide bonds. The van der Waals surface area contributed by atoms with Crippen LogP contribution in [0.1, 0.15) is 20.2 Å². The molecule has 3 heterocycles. The van der Waals surface area contributed by atoms with Crippen molar-refractivity contribution in [1.82, 2.24) is 14.7 Å². The van der Waals surface area contributed by atoms with Gasteiger partial charge < -0.3 is 4.74 Å². The Morgan fingerprint density at radius 2 is 2.00 bits per heavy atom. The number of sulfonamides is 1. The molecule has 0 aliphatic carbocycles. The molecule has 3 rings (SSSR count). The maximum Gasteiger partial charge on any atom is 0.335 e. The predicted octanol–water partition coefficient (Wildman–Crippen LogP) is 3.42. The summed E-state index contributed by atoms with van der Waals surface area (Å²) < 4.78 is 32.6. The number of aromatic nitrogens is 2. The molecule has 29 heavy (non-hydrogen) atoms. The lowest BCUT2D eigenvalue weighted by atomic mass is 10.3. The van der Waals surface area contributed by atoms with Gasteiger partial charge in [0.05, 0.1) is 16.9 Å². The third kappa shape index (κ3) is 4.80. The van der Waals surface area contributed by atoms with Gasteiger partial charge in [0, 0.05) is 21.6 Å². The molecule has 0 fully saturated rings. The Kier molecular flexibility index (Phi) is 6.31. The number of amides is 2. The Labute approximate surface area is 182 Å². The highest BCUT2D eigenvalue weighted by atomic mass is 79.9. The number of hydrogen-bond acceptors (Lipinski definition) is 9. The van der Waals surface area contributed by atoms with E-state index in [0.717, 1.165) is 11.3 Å². The molecule has 0 aromatic carbocycles. The summed E-state index contributed by atoms with van der Waals surface area (Å²) in [4.78, 5) is 32.9. The number of ether oxygens (including phenoxy) is 1. The molecule has 2 N–H and O–H groups in total. The molecule has 0 aliphatic rings. The molecule has 3 aromatic heterocycles. The van der Waals surface area contributed by atoms with Gasteiger partial charge in [0.1, 0.15) is 4.90 Å². The van der Waals surface area contributed by atoms with Gasteiger partial charge in [0.2, 0.25) is 17.6 Å². The van der Waals surface area contributed by atoms with Gasteiger partial charge in [0.15, 0.2) is 0 Å². The maximum atomic E-state index is 12.8. The normalized spacial score (nSPS) is 11.1. The number of ketones is 1. The predicted molar refractivity (Wildman–Crippen MR) is 112 cm³/mol. The number of nitrogens with one attached hydrogen (secondary N) is 2. The second-order valence-corrected chi connectivity index (χ2v) is 9.78. The smallest absolute Gasteiger partial charge is 0.335 e. The molecule has 0 saturated heterocycles. The van der Waals surface area contributed by atoms with Crippen LogP contribution < -0.4 is 14.8 Å². The summed E-state index contributed by atoms with van der Waals surface area (Å²) in [7, 11) is -2.96. The van der Waals surface area contributed by atoms with Crippen LogP contribution >= 0.6 is 38.6 Å². The second kappa shape index (κ2) is 8.57. The lowest BCUT2D eigenvalue weighted by Gasteiger charge is -2.10. The molecule has 0 radical (unpaired) electrons. The van der Waals surface area contributed by atoms with E-state index in [2.05, 4.69) is 31.2 Å². The number of aryl methyl sites for hydroxylation is 1. The van der Waals surface area contributed by atoms with Crippen LogP contribution in [0.25, 0.3) is 0 Å². The molecule has 0 aliphatic heterocycles. The summed E-state index contributed by atoms with van der Waals surface area (Å²) in [6, 6.07) is 3.76. The zero-order valence-corrected chi connectivity index (χ0v) is 19.0. The molecule has 9 nitrogen and oxygen atoms in total. The van der Waals surface area contributed by atoms with Crippen LogP contribution in [0.2, 0.25) is 0 Å². The van der Waals surface area contributed by atoms with Crippen molar-refractivity contribution in [3.8, 4) is 5.88 Å². The van der Waals surface area contributed by atoms with E-state index in [4.69, 9.17) is 4.74 Å². The molecular formula is C16H13BrN4O5S3. The van der Waals surface area contributed by atoms with Crippen LogP contribution in [0.3, 0.4) is 0 Å². The minimum absolute atomic E-state index is 0.00639. The fourth-order valence-corrected chi connectivity index (χ4v) is 6.61. The van der Waals surface area contributed by atoms with E-state index in [1.807, 2.05) is 4.72 Å². The van der Waals surface area contributed by atoms with Gasteiger partial charge in [-0.25, -0.2) is 22.9 Å². The van der Waals surface area contributed by atoms with Crippen molar-refractivity contribution in [2.45, 2.75) is 11.8 Å². The molecule has 3 aromatic rings. The Balaban J connectivity index is 1.85. The zero-order valence-electron chi connectivity index (χ0n) is 14.9. The van der Waals surface area contributed by atoms with E-state index >= 15 is 0 Å². The first-order chi connectivity index (χ1) is 13.7. The van der Waals surface area contributed by atoms with Crippen molar-refractivity contribution in [3.05, 3.63) is 48.9 Å². The molecule has 152 valence electrons. The van der Waals surface area contributed by atoms with Crippen LogP contribution in [0, 0.1) is 6.92 Å². The first-order valence-corrected chi connectivity index (χ1v) is 11.8. The van der Waals surface area contributed by atoms with E-state index in [1.54, 1.807) is 30.5 Å². The van der Waals surface area contributed by atoms with Crippen LogP contribution in [0.4, 0.5) is 10.7 Å². The van der Waals surface area contributed by atoms with Crippen molar-refractivity contribution in [2.24, 2.45) is 0 Å². The highest BCUT2D eigenvalue weighted by Crippen LogP contribution is 2.34. The summed E-state index contributed by atoms with van der Waals surface area (Å²) in [6.45, 7) is 1.66. The van der Waals surface area contributed by atoms with Gasteiger partial charge in [-0.3, -0.25) is 10.1 Å². The summed E-state index contributed by atoms with van der Waals surface area (Å²) in [5, 5.41) is 5.43. The van der Waals surface area contributed by atoms with E-state index in [-0.39, 0.29) is 26.1 Å². The molecule has 0 bridgehead atoms. The maximum absolute atomic E-state index is 12.8. The van der Waals surface area contributed by atoms with Crippen molar-refractivity contribution in [2.75, 3.05) is 12.4 Å². The summed E-state index contributed by atoms with van der Waals surface area (Å²) in [5.74, 6) is -0.364. The fourth-order valence-electron chi connectivity index (χ4n) is 2.25. The summed E-state index contributed by atoms with van der Waals surface area (Å²) in [6.07, 6.45) is 0. The minimum atomic E-state index is -4.36. The van der Waals surface area contributed by atoms with Crippen LogP contribution in [-0.2, 0) is 10.0 Å². The third-order valence-corrected chi connectivity index (χ3v) is 8.00. The lowest BCUT2D eigenvalue weighted by Crippen LogP contribution is -2.35. The van der Waals surface area contributed by atoms with Crippen LogP contribution in [0.15, 0.2) is 38.3 Å². The number of nitrogens with zero attached hydrogens (tertiary/aromatic N) is 2. The van der Waals surface area contributed by atoms with E-state index in [1.165, 1.54) is 23.8 Å². The number of anilines is 1. The Morgan fingerprint density at radius 3 is 2.66 bits per heavy atom. The molecular weight excluding hydrogens is 504 g/mol. The average molecular weight is 517 g/mol. The van der Waals surface area contributed by atoms with Crippen molar-refractivity contribution in [3.63, 3.8) is 0 Å². The van der Waals surface area contributed by atoms with Gasteiger partial charge in [-0.05, 0) is 34.3 Å². The van der Waals surface area contributed by atoms with E-state index in [0.29, 0.717) is 10.6 Å². The number of thiophene rings is 2. The lowest BCUT2D eigenvalue weighted by molar-refractivity contribution is 0.104. The Bertz CT molecular complexity index is 1180. The summed E-state index contributed by atoms with van der Waals surface area (Å²) in [5.41, 5.74) is 0.513. The van der Waals surface area contributed by atoms with Crippen molar-refractivity contribution >= 4 is 66.4 Å². The number of hydrogen-bond donors (Lipinski definition) is 2. The fraction of sp³-hybridized carbons (Fsp3) is 0.125. The summed E-state index contributed by atoms with van der Waals surface area (Å²) >= 11 is 5.30. The highest BCUT2D eigenvalue weighted by molar-refractivity contribution is 9.10. The van der Waals surface area contributed by atoms with Crippen LogP contribution in [0.5, 0.6) is 5.88 Å². The SMILES string of the molecule is COc1cc(C)nc(NC(=O)NS(=O)(=O)c2c(Br)csc2C(=O)c2cccs2)n1. The van der Waals surface area contributed by atoms with E-state index in [9.17, 15) is 18.0 Å². The first-order valence-electron chi connectivity index (χ1n) is 7.80. The van der Waals surface area contributed by atoms with Crippen molar-refractivity contribution in [1.29, 1.82) is 0 Å². The second-order valence-electron chi connectivity index (χ2n) is 5.48. The number of urea groups is 1. The van der Waals surface area contributed by atoms with Crippen molar-refractivity contribution < 1.29 is 22.7 Å². The van der Waals surface area contributed by atoms with Crippen LogP contribution in [-0.4, -0.2) is 37.3 Å². The van der Waals surface area contributed by atoms with Gasteiger partial charge in [-0.1, -0.05) is 6.07 Å². The highest BCUT2D eigenvalue weighted by Gasteiger charge is 2.30. The van der Waals surface area contributed by atoms with Gasteiger partial charge in [-0.2, -0.15) is 4.98 Å². The Morgan fingerprint density at radius 1 is 1.24 bits per heavy atom. The first kappa shape index (κ1) is 21.4. The number of methoxy groups -OCH3 is 1.